The number of hydrogen-bond donors (Lipinski definition) is 3. The van der Waals surface area contributed by atoms with Crippen LogP contribution in [0.15, 0.2) is 0 Å². The second-order valence-corrected chi connectivity index (χ2v) is 4.27. The summed E-state index contributed by atoms with van der Waals surface area (Å²) in [7, 11) is 6.39. The van der Waals surface area contributed by atoms with Gasteiger partial charge in [-0.05, 0) is 21.1 Å². The van der Waals surface area contributed by atoms with Crippen LogP contribution in [0.4, 0.5) is 0 Å². The molecule has 0 aliphatic carbocycles. The standard InChI is InChI=1S/C6H15N3.C3H9N3/c1-7-4-8(2)6-9(3)5-7;1-4-2-6-3-5-1/h4-6H2,1-3H3;4-6H,1-3H2. The van der Waals surface area contributed by atoms with E-state index in [-0.39, 0.29) is 0 Å². The zero-order chi connectivity index (χ0) is 11.1. The van der Waals surface area contributed by atoms with E-state index in [1.807, 2.05) is 0 Å². The third-order valence-electron chi connectivity index (χ3n) is 2.20. The van der Waals surface area contributed by atoms with Crippen LogP contribution in [0.5, 0.6) is 0 Å². The maximum absolute atomic E-state index is 3.06. The molecule has 0 saturated carbocycles. The molecule has 6 nitrogen and oxygen atoms in total. The SMILES string of the molecule is C1NCNCN1.CN1CN(C)CN(C)C1. The third kappa shape index (κ3) is 6.03. The Morgan fingerprint density at radius 3 is 1.07 bits per heavy atom. The molecule has 0 aromatic heterocycles. The summed E-state index contributed by atoms with van der Waals surface area (Å²) in [5.74, 6) is 0. The van der Waals surface area contributed by atoms with Gasteiger partial charge in [0.15, 0.2) is 0 Å². The van der Waals surface area contributed by atoms with Crippen molar-refractivity contribution in [3.8, 4) is 0 Å². The van der Waals surface area contributed by atoms with Crippen molar-refractivity contribution in [2.24, 2.45) is 0 Å². The van der Waals surface area contributed by atoms with E-state index >= 15 is 0 Å². The van der Waals surface area contributed by atoms with Crippen molar-refractivity contribution < 1.29 is 0 Å². The van der Waals surface area contributed by atoms with E-state index in [1.165, 1.54) is 0 Å². The molecular weight excluding hydrogens is 192 g/mol. The van der Waals surface area contributed by atoms with E-state index < -0.39 is 0 Å². The fraction of sp³-hybridized carbons (Fsp3) is 1.00. The van der Waals surface area contributed by atoms with Crippen LogP contribution in [-0.2, 0) is 0 Å². The van der Waals surface area contributed by atoms with E-state index in [2.05, 4.69) is 51.8 Å². The molecule has 3 N–H and O–H groups in total. The van der Waals surface area contributed by atoms with Crippen LogP contribution in [0.2, 0.25) is 0 Å². The Hall–Kier alpha value is -0.240. The topological polar surface area (TPSA) is 45.8 Å². The summed E-state index contributed by atoms with van der Waals surface area (Å²) in [6.45, 7) is 6.08. The lowest BCUT2D eigenvalue weighted by Crippen LogP contribution is -2.50. The minimum absolute atomic E-state index is 0.938. The summed E-state index contributed by atoms with van der Waals surface area (Å²) >= 11 is 0. The number of nitrogens with one attached hydrogen (secondary N) is 3. The van der Waals surface area contributed by atoms with E-state index in [4.69, 9.17) is 0 Å². The monoisotopic (exact) mass is 216 g/mol. The largest absolute Gasteiger partial charge is 0.292 e. The Labute approximate surface area is 92.6 Å². The van der Waals surface area contributed by atoms with Gasteiger partial charge in [0, 0.05) is 20.0 Å². The minimum atomic E-state index is 0.938. The van der Waals surface area contributed by atoms with Gasteiger partial charge in [-0.3, -0.25) is 30.7 Å². The molecular formula is C9H24N6. The van der Waals surface area contributed by atoms with Gasteiger partial charge in [-0.2, -0.15) is 0 Å². The summed E-state index contributed by atoms with van der Waals surface area (Å²) in [5, 5.41) is 9.19. The maximum atomic E-state index is 3.06. The van der Waals surface area contributed by atoms with Crippen LogP contribution in [0.25, 0.3) is 0 Å². The van der Waals surface area contributed by atoms with Gasteiger partial charge in [0.25, 0.3) is 0 Å². The van der Waals surface area contributed by atoms with Crippen molar-refractivity contribution in [1.82, 2.24) is 30.7 Å². The summed E-state index contributed by atoms with van der Waals surface area (Å²) in [5.41, 5.74) is 0. The van der Waals surface area contributed by atoms with Gasteiger partial charge in [0.05, 0.1) is 20.0 Å². The highest BCUT2D eigenvalue weighted by atomic mass is 15.5. The summed E-state index contributed by atoms with van der Waals surface area (Å²) in [6.07, 6.45) is 0. The van der Waals surface area contributed by atoms with Gasteiger partial charge < -0.3 is 0 Å². The van der Waals surface area contributed by atoms with Gasteiger partial charge >= 0.3 is 0 Å². The molecule has 0 amide bonds. The Morgan fingerprint density at radius 1 is 0.600 bits per heavy atom. The van der Waals surface area contributed by atoms with Crippen LogP contribution in [0, 0.1) is 0 Å². The average molecular weight is 216 g/mol. The van der Waals surface area contributed by atoms with Crippen LogP contribution in [0.1, 0.15) is 0 Å². The summed E-state index contributed by atoms with van der Waals surface area (Å²) in [6, 6.07) is 0. The van der Waals surface area contributed by atoms with E-state index in [0.29, 0.717) is 0 Å². The molecule has 0 radical (unpaired) electrons. The molecule has 2 fully saturated rings. The molecule has 2 heterocycles. The molecule has 0 atom stereocenters. The zero-order valence-electron chi connectivity index (χ0n) is 10.1. The van der Waals surface area contributed by atoms with Crippen LogP contribution >= 0.6 is 0 Å². The molecule has 2 aliphatic heterocycles. The second-order valence-electron chi connectivity index (χ2n) is 4.27. The first-order valence-electron chi connectivity index (χ1n) is 5.36. The first-order valence-corrected chi connectivity index (χ1v) is 5.36. The molecule has 6 heteroatoms. The van der Waals surface area contributed by atoms with Crippen molar-refractivity contribution in [3.63, 3.8) is 0 Å². The molecule has 0 aromatic carbocycles. The Balaban J connectivity index is 0.000000162. The first-order chi connectivity index (χ1) is 7.18. The third-order valence-corrected chi connectivity index (χ3v) is 2.20. The predicted octanol–water partition coefficient (Wildman–Crippen LogP) is -1.69. The predicted molar refractivity (Wildman–Crippen MR) is 61.9 cm³/mol. The molecule has 2 saturated heterocycles. The second kappa shape index (κ2) is 7.10. The summed E-state index contributed by atoms with van der Waals surface area (Å²) < 4.78 is 0. The normalized spacial score (nSPS) is 25.8. The molecule has 0 spiro atoms. The van der Waals surface area contributed by atoms with Crippen molar-refractivity contribution >= 4 is 0 Å². The highest BCUT2D eigenvalue weighted by molar-refractivity contribution is 4.58. The van der Waals surface area contributed by atoms with Crippen molar-refractivity contribution in [2.45, 2.75) is 0 Å². The summed E-state index contributed by atoms with van der Waals surface area (Å²) in [4.78, 5) is 6.84. The highest BCUT2D eigenvalue weighted by Crippen LogP contribution is 1.98. The average Bonchev–Trinajstić information content (AvgIpc) is 2.19. The van der Waals surface area contributed by atoms with Crippen molar-refractivity contribution in [2.75, 3.05) is 61.2 Å². The van der Waals surface area contributed by atoms with E-state index in [0.717, 1.165) is 40.0 Å². The molecule has 0 bridgehead atoms. The molecule has 0 aromatic rings. The smallest absolute Gasteiger partial charge is 0.0523 e. The van der Waals surface area contributed by atoms with Crippen molar-refractivity contribution in [1.29, 1.82) is 0 Å². The van der Waals surface area contributed by atoms with Gasteiger partial charge in [-0.15, -0.1) is 0 Å². The van der Waals surface area contributed by atoms with Gasteiger partial charge in [-0.25, -0.2) is 0 Å². The fourth-order valence-corrected chi connectivity index (χ4v) is 1.82. The Kier molecular flexibility index (Phi) is 6.07. The minimum Gasteiger partial charge on any atom is -0.292 e. The lowest BCUT2D eigenvalue weighted by molar-refractivity contribution is 0.0149. The number of nitrogens with zero attached hydrogens (tertiary/aromatic N) is 3. The highest BCUT2D eigenvalue weighted by Gasteiger charge is 2.13. The van der Waals surface area contributed by atoms with Crippen LogP contribution in [-0.4, -0.2) is 75.9 Å². The van der Waals surface area contributed by atoms with E-state index in [9.17, 15) is 0 Å². The van der Waals surface area contributed by atoms with Gasteiger partial charge in [-0.1, -0.05) is 0 Å². The molecule has 2 rings (SSSR count). The van der Waals surface area contributed by atoms with Crippen LogP contribution < -0.4 is 16.0 Å². The zero-order valence-corrected chi connectivity index (χ0v) is 10.1. The fourth-order valence-electron chi connectivity index (χ4n) is 1.82. The molecule has 90 valence electrons. The number of rotatable bonds is 0. The Bertz CT molecular complexity index is 124. The lowest BCUT2D eigenvalue weighted by atomic mass is 10.6. The number of hydrogen-bond acceptors (Lipinski definition) is 6. The first kappa shape index (κ1) is 12.8. The molecule has 15 heavy (non-hydrogen) atoms. The molecule has 2 aliphatic rings. The van der Waals surface area contributed by atoms with E-state index in [1.54, 1.807) is 0 Å². The van der Waals surface area contributed by atoms with Gasteiger partial charge in [0.2, 0.25) is 0 Å². The quantitative estimate of drug-likeness (QED) is 0.449. The Morgan fingerprint density at radius 2 is 0.867 bits per heavy atom. The molecule has 0 unspecified atom stereocenters. The lowest BCUT2D eigenvalue weighted by Gasteiger charge is -2.36. The maximum Gasteiger partial charge on any atom is 0.0523 e. The van der Waals surface area contributed by atoms with Gasteiger partial charge in [0.1, 0.15) is 0 Å². The van der Waals surface area contributed by atoms with Crippen LogP contribution in [0.3, 0.4) is 0 Å². The van der Waals surface area contributed by atoms with Crippen molar-refractivity contribution in [3.05, 3.63) is 0 Å².